The number of rotatable bonds is 16. The Labute approximate surface area is 264 Å². The molecule has 0 aromatic carbocycles. The fourth-order valence-electron chi connectivity index (χ4n) is 5.38. The van der Waals surface area contributed by atoms with Gasteiger partial charge >= 0.3 is 20.2 Å². The lowest BCUT2D eigenvalue weighted by molar-refractivity contribution is -0.153. The van der Waals surface area contributed by atoms with Gasteiger partial charge in [0.05, 0.1) is 34.4 Å². The quantitative estimate of drug-likeness (QED) is 0.0997. The number of carbonyl (C=O) groups excluding carboxylic acids is 2. The van der Waals surface area contributed by atoms with Gasteiger partial charge in [0.2, 0.25) is 0 Å². The summed E-state index contributed by atoms with van der Waals surface area (Å²) in [6.45, 7) is 28.6. The highest BCUT2D eigenvalue weighted by Gasteiger charge is 2.56. The number of hydrogen-bond acceptors (Lipinski definition) is 7. The number of hydrogen-bond donors (Lipinski definition) is 0. The molecule has 0 saturated carbocycles. The summed E-state index contributed by atoms with van der Waals surface area (Å²) in [6, 6.07) is 0. The van der Waals surface area contributed by atoms with E-state index >= 15 is 0 Å². The molecule has 0 aliphatic carbocycles. The summed E-state index contributed by atoms with van der Waals surface area (Å²) >= 11 is 0. The zero-order valence-electron chi connectivity index (χ0n) is 30.1. The number of allylic oxidation sites excluding steroid dienone is 2. The Balaban J connectivity index is 2.38. The van der Waals surface area contributed by atoms with Crippen LogP contribution in [-0.4, -0.2) is 55.0 Å². The number of ether oxygens (including phenoxy) is 1. The number of unbranched alkanes of at least 4 members (excludes halogenated alkanes) is 3. The molecule has 0 spiro atoms. The van der Waals surface area contributed by atoms with Gasteiger partial charge in [-0.1, -0.05) is 46.0 Å². The van der Waals surface area contributed by atoms with E-state index in [9.17, 15) is 9.59 Å². The second kappa shape index (κ2) is 14.1. The number of esters is 1. The van der Waals surface area contributed by atoms with Crippen molar-refractivity contribution >= 4 is 26.0 Å². The van der Waals surface area contributed by atoms with Crippen molar-refractivity contribution in [1.29, 1.82) is 0 Å². The maximum atomic E-state index is 12.5. The van der Waals surface area contributed by atoms with Gasteiger partial charge in [-0.25, -0.2) is 0 Å². The van der Waals surface area contributed by atoms with Crippen LogP contribution in [0.3, 0.4) is 0 Å². The molecule has 246 valence electrons. The van der Waals surface area contributed by atoms with Gasteiger partial charge in [-0.3, -0.25) is 9.59 Å². The third-order valence-corrected chi connectivity index (χ3v) is 10.5. The third-order valence-electron chi connectivity index (χ3n) is 10.5. The predicted octanol–water partition coefficient (Wildman–Crippen LogP) is 8.26. The van der Waals surface area contributed by atoms with Crippen LogP contribution in [0, 0.1) is 10.8 Å². The molecule has 9 heteroatoms. The van der Waals surface area contributed by atoms with Gasteiger partial charge in [0.15, 0.2) is 0 Å². The first-order chi connectivity index (χ1) is 19.5. The smallest absolute Gasteiger partial charge is 0.466 e. The zero-order valence-corrected chi connectivity index (χ0v) is 30.1. The van der Waals surface area contributed by atoms with E-state index in [1.54, 1.807) is 6.92 Å². The number of ketones is 1. The summed E-state index contributed by atoms with van der Waals surface area (Å²) in [5, 5.41) is 0. The van der Waals surface area contributed by atoms with Crippen LogP contribution in [0.25, 0.3) is 0 Å². The Morgan fingerprint density at radius 2 is 0.953 bits per heavy atom. The van der Waals surface area contributed by atoms with Crippen molar-refractivity contribution < 1.29 is 32.9 Å². The van der Waals surface area contributed by atoms with Gasteiger partial charge in [-0.15, -0.1) is 0 Å². The lowest BCUT2D eigenvalue weighted by Gasteiger charge is -2.32. The number of Topliss-reactive ketones (excluding diaryl/α,β-unsaturated/α-hetero) is 1. The van der Waals surface area contributed by atoms with E-state index in [4.69, 9.17) is 23.4 Å². The summed E-state index contributed by atoms with van der Waals surface area (Å²) in [4.78, 5) is 24.5. The van der Waals surface area contributed by atoms with Gasteiger partial charge in [0.1, 0.15) is 5.78 Å². The third kappa shape index (κ3) is 9.43. The molecular formula is C34H62B2O7. The van der Waals surface area contributed by atoms with Crippen LogP contribution in [0.5, 0.6) is 0 Å². The van der Waals surface area contributed by atoms with Crippen LogP contribution in [0.4, 0.5) is 0 Å². The largest absolute Gasteiger partial charge is 0.489 e. The van der Waals surface area contributed by atoms with Crippen molar-refractivity contribution in [3.05, 3.63) is 10.9 Å². The summed E-state index contributed by atoms with van der Waals surface area (Å²) in [6.07, 6.45) is 7.84. The van der Waals surface area contributed by atoms with Crippen molar-refractivity contribution in [1.82, 2.24) is 0 Å². The summed E-state index contributed by atoms with van der Waals surface area (Å²) in [5.41, 5.74) is -0.537. The zero-order chi connectivity index (χ0) is 33.1. The predicted molar refractivity (Wildman–Crippen MR) is 176 cm³/mol. The van der Waals surface area contributed by atoms with Crippen molar-refractivity contribution in [3.8, 4) is 0 Å². The average molecular weight is 604 g/mol. The highest BCUT2D eigenvalue weighted by Crippen LogP contribution is 2.44. The van der Waals surface area contributed by atoms with Gasteiger partial charge in [0.25, 0.3) is 0 Å². The normalized spacial score (nSPS) is 21.6. The van der Waals surface area contributed by atoms with E-state index in [0.29, 0.717) is 6.61 Å². The SMILES string of the molecule is CCOC(=O)C(C)(C)CCCC/C(B1OC(C)(C)C(C)(C)O1)=C(\CCCCCC(C)(C)C(C)=O)B1OC(C)(C)C(C)(C)O1. The van der Waals surface area contributed by atoms with Crippen LogP contribution in [0.15, 0.2) is 10.9 Å². The molecule has 2 fully saturated rings. The summed E-state index contributed by atoms with van der Waals surface area (Å²) in [7, 11) is -1.00. The molecule has 0 amide bonds. The standard InChI is InChI=1S/C34H62B2O7/c1-15-39-28(38)30(5,6)24-20-18-22-27(36-42-33(11,12)34(13,14)43-36)26(35-40-31(7,8)32(9,10)41-35)21-17-16-19-23-29(3,4)25(2)37/h15-24H2,1-14H3/b27-26-. The summed E-state index contributed by atoms with van der Waals surface area (Å²) < 4.78 is 31.9. The maximum absolute atomic E-state index is 12.5. The minimum atomic E-state index is -0.535. The van der Waals surface area contributed by atoms with Crippen LogP contribution in [0.1, 0.15) is 155 Å². The molecule has 7 nitrogen and oxygen atoms in total. The molecule has 0 N–H and O–H groups in total. The molecule has 2 heterocycles. The monoisotopic (exact) mass is 604 g/mol. The van der Waals surface area contributed by atoms with Crippen molar-refractivity contribution in [2.75, 3.05) is 6.61 Å². The molecule has 0 aromatic heterocycles. The van der Waals surface area contributed by atoms with E-state index in [0.717, 1.165) is 68.7 Å². The molecule has 2 aliphatic heterocycles. The Hall–Kier alpha value is -1.15. The molecule has 2 saturated heterocycles. The maximum Gasteiger partial charge on any atom is 0.489 e. The molecular weight excluding hydrogens is 542 g/mol. The van der Waals surface area contributed by atoms with Gasteiger partial charge in [-0.2, -0.15) is 0 Å². The topological polar surface area (TPSA) is 80.3 Å². The molecule has 43 heavy (non-hydrogen) atoms. The first-order valence-electron chi connectivity index (χ1n) is 16.6. The Morgan fingerprint density at radius 3 is 1.33 bits per heavy atom. The van der Waals surface area contributed by atoms with Gasteiger partial charge in [0, 0.05) is 5.41 Å². The molecule has 2 rings (SSSR count). The fourth-order valence-corrected chi connectivity index (χ4v) is 5.38. The number of carbonyl (C=O) groups is 2. The van der Waals surface area contributed by atoms with E-state index in [-0.39, 0.29) is 17.2 Å². The van der Waals surface area contributed by atoms with Crippen molar-refractivity contribution in [2.24, 2.45) is 10.8 Å². The fraction of sp³-hybridized carbons (Fsp3) is 0.882. The lowest BCUT2D eigenvalue weighted by atomic mass is 9.61. The van der Waals surface area contributed by atoms with Crippen LogP contribution >= 0.6 is 0 Å². The van der Waals surface area contributed by atoms with E-state index in [1.807, 2.05) is 34.6 Å². The Morgan fingerprint density at radius 1 is 0.605 bits per heavy atom. The Bertz CT molecular complexity index is 978. The lowest BCUT2D eigenvalue weighted by Crippen LogP contribution is -2.41. The summed E-state index contributed by atoms with van der Waals surface area (Å²) in [5.74, 6) is 0.0852. The van der Waals surface area contributed by atoms with Gasteiger partial charge in [-0.05, 0) is 120 Å². The van der Waals surface area contributed by atoms with E-state index in [1.165, 1.54) is 0 Å². The second-order valence-electron chi connectivity index (χ2n) is 16.0. The highest BCUT2D eigenvalue weighted by atomic mass is 16.7. The first-order valence-corrected chi connectivity index (χ1v) is 16.6. The molecule has 0 radical (unpaired) electrons. The van der Waals surface area contributed by atoms with Crippen LogP contribution in [-0.2, 0) is 32.9 Å². The van der Waals surface area contributed by atoms with Gasteiger partial charge < -0.3 is 23.4 Å². The van der Waals surface area contributed by atoms with E-state index in [2.05, 4.69) is 55.4 Å². The minimum Gasteiger partial charge on any atom is -0.466 e. The van der Waals surface area contributed by atoms with Crippen molar-refractivity contribution in [2.45, 2.75) is 177 Å². The highest BCUT2D eigenvalue weighted by molar-refractivity contribution is 6.62. The molecule has 2 aliphatic rings. The van der Waals surface area contributed by atoms with Crippen LogP contribution in [0.2, 0.25) is 0 Å². The average Bonchev–Trinajstić information content (AvgIpc) is 3.20. The first kappa shape index (κ1) is 38.0. The molecule has 0 unspecified atom stereocenters. The second-order valence-corrected chi connectivity index (χ2v) is 16.0. The van der Waals surface area contributed by atoms with Crippen molar-refractivity contribution in [3.63, 3.8) is 0 Å². The van der Waals surface area contributed by atoms with E-state index < -0.39 is 42.1 Å². The molecule has 0 aromatic rings. The molecule has 0 bridgehead atoms. The van der Waals surface area contributed by atoms with Crippen LogP contribution < -0.4 is 0 Å². The molecule has 0 atom stereocenters. The minimum absolute atomic E-state index is 0.150. The Kier molecular flexibility index (Phi) is 12.5.